The van der Waals surface area contributed by atoms with E-state index in [1.807, 2.05) is 30.3 Å². The summed E-state index contributed by atoms with van der Waals surface area (Å²) in [5.74, 6) is 0.127. The first-order valence-corrected chi connectivity index (χ1v) is 7.59. The molecule has 0 saturated carbocycles. The van der Waals surface area contributed by atoms with E-state index in [4.69, 9.17) is 11.6 Å². The van der Waals surface area contributed by atoms with E-state index < -0.39 is 0 Å². The van der Waals surface area contributed by atoms with E-state index in [2.05, 4.69) is 0 Å². The molecule has 1 aliphatic rings. The number of nitrogens with zero attached hydrogens (tertiary/aromatic N) is 1. The lowest BCUT2D eigenvalue weighted by Crippen LogP contribution is -2.20. The Morgan fingerprint density at radius 2 is 2.00 bits per heavy atom. The number of rotatable bonds is 3. The second kappa shape index (κ2) is 5.93. The molecular formula is C18H16ClNO2. The number of allylic oxidation sites excluding steroid dienone is 1. The minimum absolute atomic E-state index is 0.00481. The lowest BCUT2D eigenvalue weighted by atomic mass is 9.88. The zero-order valence-corrected chi connectivity index (χ0v) is 13.1. The summed E-state index contributed by atoms with van der Waals surface area (Å²) in [5.41, 5.74) is 3.50. The molecule has 0 saturated heterocycles. The van der Waals surface area contributed by atoms with Gasteiger partial charge in [0.1, 0.15) is 0 Å². The SMILES string of the molecule is Cn1cccc(CCC2=Cc3cc(Cl)ccc3CC2=O)c1=O. The van der Waals surface area contributed by atoms with E-state index in [1.54, 1.807) is 23.9 Å². The van der Waals surface area contributed by atoms with Gasteiger partial charge in [-0.15, -0.1) is 0 Å². The normalized spacial score (nSPS) is 13.7. The van der Waals surface area contributed by atoms with Gasteiger partial charge in [-0.1, -0.05) is 23.7 Å². The Balaban J connectivity index is 1.84. The second-order valence-electron chi connectivity index (χ2n) is 5.56. The molecule has 0 amide bonds. The zero-order valence-electron chi connectivity index (χ0n) is 12.3. The molecule has 112 valence electrons. The Labute approximate surface area is 133 Å². The minimum Gasteiger partial charge on any atom is -0.318 e. The quantitative estimate of drug-likeness (QED) is 0.873. The van der Waals surface area contributed by atoms with Crippen LogP contribution in [0.4, 0.5) is 0 Å². The van der Waals surface area contributed by atoms with Crippen molar-refractivity contribution < 1.29 is 4.79 Å². The van der Waals surface area contributed by atoms with Gasteiger partial charge < -0.3 is 4.57 Å². The van der Waals surface area contributed by atoms with Gasteiger partial charge in [0.25, 0.3) is 5.56 Å². The van der Waals surface area contributed by atoms with Crippen molar-refractivity contribution in [3.8, 4) is 0 Å². The summed E-state index contributed by atoms with van der Waals surface area (Å²) in [4.78, 5) is 24.2. The Hall–Kier alpha value is -2.13. The number of carbonyl (C=O) groups excluding carboxylic acids is 1. The third-order valence-electron chi connectivity index (χ3n) is 4.01. The van der Waals surface area contributed by atoms with Gasteiger partial charge in [0.15, 0.2) is 5.78 Å². The maximum atomic E-state index is 12.2. The molecule has 1 aromatic heterocycles. The summed E-state index contributed by atoms with van der Waals surface area (Å²) in [5, 5.41) is 0.667. The lowest BCUT2D eigenvalue weighted by Gasteiger charge is -2.16. The molecule has 0 fully saturated rings. The summed E-state index contributed by atoms with van der Waals surface area (Å²) in [7, 11) is 1.73. The van der Waals surface area contributed by atoms with E-state index >= 15 is 0 Å². The molecule has 0 bridgehead atoms. The molecule has 4 heteroatoms. The molecule has 0 atom stereocenters. The standard InChI is InChI=1S/C18H16ClNO2/c1-20-8-2-3-12(18(20)22)4-5-14-9-15-10-16(19)7-6-13(15)11-17(14)21/h2-3,6-10H,4-5,11H2,1H3. The van der Waals surface area contributed by atoms with Crippen LogP contribution in [-0.2, 0) is 24.7 Å². The number of Topliss-reactive ketones (excluding diaryl/α,β-unsaturated/α-hetero) is 1. The van der Waals surface area contributed by atoms with E-state index in [9.17, 15) is 9.59 Å². The largest absolute Gasteiger partial charge is 0.318 e. The molecule has 1 aromatic carbocycles. The molecule has 0 aliphatic heterocycles. The highest BCUT2D eigenvalue weighted by molar-refractivity contribution is 6.30. The summed E-state index contributed by atoms with van der Waals surface area (Å²) in [6, 6.07) is 9.25. The summed E-state index contributed by atoms with van der Waals surface area (Å²) >= 11 is 6.01. The fourth-order valence-corrected chi connectivity index (χ4v) is 2.92. The number of ketones is 1. The number of benzene rings is 1. The van der Waals surface area contributed by atoms with Crippen LogP contribution in [-0.4, -0.2) is 10.4 Å². The van der Waals surface area contributed by atoms with Crippen LogP contribution in [0.5, 0.6) is 0 Å². The smallest absolute Gasteiger partial charge is 0.253 e. The molecule has 1 heterocycles. The van der Waals surface area contributed by atoms with E-state index in [0.29, 0.717) is 24.3 Å². The number of hydrogen-bond acceptors (Lipinski definition) is 2. The fraction of sp³-hybridized carbons (Fsp3) is 0.222. The first-order chi connectivity index (χ1) is 10.5. The van der Waals surface area contributed by atoms with Crippen molar-refractivity contribution in [3.63, 3.8) is 0 Å². The number of aromatic nitrogens is 1. The van der Waals surface area contributed by atoms with Gasteiger partial charge >= 0.3 is 0 Å². The van der Waals surface area contributed by atoms with Crippen LogP contribution in [0.1, 0.15) is 23.1 Å². The Morgan fingerprint density at radius 1 is 1.18 bits per heavy atom. The average molecular weight is 314 g/mol. The van der Waals surface area contributed by atoms with Gasteiger partial charge in [0.2, 0.25) is 0 Å². The number of hydrogen-bond donors (Lipinski definition) is 0. The highest BCUT2D eigenvalue weighted by Gasteiger charge is 2.18. The topological polar surface area (TPSA) is 39.1 Å². The van der Waals surface area contributed by atoms with Gasteiger partial charge in [-0.3, -0.25) is 9.59 Å². The van der Waals surface area contributed by atoms with Gasteiger partial charge in [-0.05, 0) is 53.8 Å². The minimum atomic E-state index is -0.00481. The second-order valence-corrected chi connectivity index (χ2v) is 6.00. The Morgan fingerprint density at radius 3 is 2.82 bits per heavy atom. The maximum Gasteiger partial charge on any atom is 0.253 e. The molecule has 0 unspecified atom stereocenters. The average Bonchev–Trinajstić information content (AvgIpc) is 2.49. The van der Waals surface area contributed by atoms with Gasteiger partial charge in [-0.2, -0.15) is 0 Å². The van der Waals surface area contributed by atoms with Crippen LogP contribution in [0.3, 0.4) is 0 Å². The van der Waals surface area contributed by atoms with Crippen molar-refractivity contribution in [2.75, 3.05) is 0 Å². The van der Waals surface area contributed by atoms with Crippen molar-refractivity contribution in [1.29, 1.82) is 0 Å². The van der Waals surface area contributed by atoms with E-state index in [1.165, 1.54) is 0 Å². The third kappa shape index (κ3) is 2.90. The number of halogens is 1. The molecule has 0 N–H and O–H groups in total. The highest BCUT2D eigenvalue weighted by Crippen LogP contribution is 2.26. The number of fused-ring (bicyclic) bond motifs is 1. The maximum absolute atomic E-state index is 12.2. The highest BCUT2D eigenvalue weighted by atomic mass is 35.5. The third-order valence-corrected chi connectivity index (χ3v) is 4.25. The summed E-state index contributed by atoms with van der Waals surface area (Å²) in [6.07, 6.45) is 5.19. The number of aryl methyl sites for hydroxylation is 2. The van der Waals surface area contributed by atoms with Crippen LogP contribution in [0.15, 0.2) is 46.9 Å². The van der Waals surface area contributed by atoms with Crippen molar-refractivity contribution >= 4 is 23.5 Å². The van der Waals surface area contributed by atoms with E-state index in [0.717, 1.165) is 22.3 Å². The number of carbonyl (C=O) groups is 1. The molecular weight excluding hydrogens is 298 g/mol. The van der Waals surface area contributed by atoms with Crippen molar-refractivity contribution in [2.45, 2.75) is 19.3 Å². The Kier molecular flexibility index (Phi) is 3.99. The Bertz CT molecular complexity index is 833. The first-order valence-electron chi connectivity index (χ1n) is 7.21. The summed E-state index contributed by atoms with van der Waals surface area (Å²) in [6.45, 7) is 0. The van der Waals surface area contributed by atoms with Crippen LogP contribution >= 0.6 is 11.6 Å². The predicted octanol–water partition coefficient (Wildman–Crippen LogP) is 3.18. The first kappa shape index (κ1) is 14.8. The van der Waals surface area contributed by atoms with Crippen molar-refractivity contribution in [1.82, 2.24) is 4.57 Å². The molecule has 2 aromatic rings. The van der Waals surface area contributed by atoms with Crippen LogP contribution in [0, 0.1) is 0 Å². The molecule has 1 aliphatic carbocycles. The van der Waals surface area contributed by atoms with E-state index in [-0.39, 0.29) is 11.3 Å². The molecule has 3 rings (SSSR count). The monoisotopic (exact) mass is 313 g/mol. The van der Waals surface area contributed by atoms with Gasteiger partial charge in [0, 0.05) is 30.3 Å². The van der Waals surface area contributed by atoms with Gasteiger partial charge in [0.05, 0.1) is 0 Å². The predicted molar refractivity (Wildman–Crippen MR) is 88.1 cm³/mol. The fourth-order valence-electron chi connectivity index (χ4n) is 2.74. The molecule has 0 radical (unpaired) electrons. The zero-order chi connectivity index (χ0) is 15.7. The van der Waals surface area contributed by atoms with Crippen LogP contribution < -0.4 is 5.56 Å². The summed E-state index contributed by atoms with van der Waals surface area (Å²) < 4.78 is 1.56. The van der Waals surface area contributed by atoms with Crippen molar-refractivity contribution in [3.05, 3.63) is 74.2 Å². The van der Waals surface area contributed by atoms with Crippen LogP contribution in [0.2, 0.25) is 5.02 Å². The number of pyridine rings is 1. The molecule has 22 heavy (non-hydrogen) atoms. The van der Waals surface area contributed by atoms with Crippen molar-refractivity contribution in [2.24, 2.45) is 7.05 Å². The molecule has 3 nitrogen and oxygen atoms in total. The van der Waals surface area contributed by atoms with Gasteiger partial charge in [-0.25, -0.2) is 0 Å². The lowest BCUT2D eigenvalue weighted by molar-refractivity contribution is -0.115. The molecule has 0 spiro atoms. The van der Waals surface area contributed by atoms with Crippen LogP contribution in [0.25, 0.3) is 6.08 Å².